The van der Waals surface area contributed by atoms with Gasteiger partial charge in [-0.3, -0.25) is 4.98 Å². The van der Waals surface area contributed by atoms with E-state index in [0.29, 0.717) is 16.2 Å². The summed E-state index contributed by atoms with van der Waals surface area (Å²) >= 11 is 1.49. The van der Waals surface area contributed by atoms with Gasteiger partial charge in [0.25, 0.3) is 0 Å². The van der Waals surface area contributed by atoms with Crippen LogP contribution in [0, 0.1) is 0 Å². The maximum atomic E-state index is 12.6. The Morgan fingerprint density at radius 1 is 0.938 bits per heavy atom. The van der Waals surface area contributed by atoms with Crippen molar-refractivity contribution in [2.45, 2.75) is 12.7 Å². The van der Waals surface area contributed by atoms with Gasteiger partial charge in [-0.2, -0.15) is 8.78 Å². The lowest BCUT2D eigenvalue weighted by Crippen LogP contribution is -2.13. The topological polar surface area (TPSA) is 67.3 Å². The summed E-state index contributed by atoms with van der Waals surface area (Å²) in [4.78, 5) is 8.95. The zero-order chi connectivity index (χ0) is 22.1. The van der Waals surface area contributed by atoms with Gasteiger partial charge in [0.2, 0.25) is 0 Å². The summed E-state index contributed by atoms with van der Waals surface area (Å²) in [7, 11) is 0. The third kappa shape index (κ3) is 3.92. The Bertz CT molecular complexity index is 1360. The molecular weight excluding hydrogens is 432 g/mol. The molecular formula is C24H17F2N3O2S. The molecule has 0 spiro atoms. The van der Waals surface area contributed by atoms with Crippen molar-refractivity contribution in [2.24, 2.45) is 0 Å². The Balaban J connectivity index is 1.59. The molecule has 0 radical (unpaired) electrons. The summed E-state index contributed by atoms with van der Waals surface area (Å²) in [6.07, 6.45) is 1.62. The average Bonchev–Trinajstić information content (AvgIpc) is 3.21. The minimum Gasteiger partial charge on any atom is -0.505 e. The predicted octanol–water partition coefficient (Wildman–Crippen LogP) is 6.35. The van der Waals surface area contributed by atoms with E-state index in [1.54, 1.807) is 24.4 Å². The molecule has 0 aliphatic heterocycles. The lowest BCUT2D eigenvalue weighted by Gasteiger charge is -2.21. The van der Waals surface area contributed by atoms with Crippen LogP contribution in [0.5, 0.6) is 11.5 Å². The number of thiazole rings is 1. The fourth-order valence-electron chi connectivity index (χ4n) is 3.62. The summed E-state index contributed by atoms with van der Waals surface area (Å²) < 4.78 is 30.6. The number of halogens is 2. The number of phenolic OH excluding ortho intramolecular Hbond substituents is 1. The second-order valence-electron chi connectivity index (χ2n) is 7.09. The molecule has 0 bridgehead atoms. The van der Waals surface area contributed by atoms with Gasteiger partial charge >= 0.3 is 6.61 Å². The first-order chi connectivity index (χ1) is 15.6. The highest BCUT2D eigenvalue weighted by Gasteiger charge is 2.21. The average molecular weight is 449 g/mol. The molecule has 3 aromatic carbocycles. The van der Waals surface area contributed by atoms with Gasteiger partial charge in [0.05, 0.1) is 16.3 Å². The monoisotopic (exact) mass is 449 g/mol. The van der Waals surface area contributed by atoms with E-state index in [0.717, 1.165) is 21.2 Å². The van der Waals surface area contributed by atoms with Crippen molar-refractivity contribution in [1.29, 1.82) is 0 Å². The second kappa shape index (κ2) is 8.39. The number of alkyl halides is 2. The van der Waals surface area contributed by atoms with E-state index in [-0.39, 0.29) is 11.5 Å². The lowest BCUT2D eigenvalue weighted by molar-refractivity contribution is -0.0498. The maximum Gasteiger partial charge on any atom is 0.387 e. The molecule has 8 heteroatoms. The van der Waals surface area contributed by atoms with Crippen LogP contribution in [-0.4, -0.2) is 21.7 Å². The first-order valence-electron chi connectivity index (χ1n) is 9.82. The Labute approximate surface area is 186 Å². The van der Waals surface area contributed by atoms with Crippen molar-refractivity contribution in [2.75, 3.05) is 5.32 Å². The molecule has 2 N–H and O–H groups in total. The third-order valence-electron chi connectivity index (χ3n) is 5.09. The summed E-state index contributed by atoms with van der Waals surface area (Å²) in [6, 6.07) is 21.0. The van der Waals surface area contributed by atoms with Gasteiger partial charge < -0.3 is 15.2 Å². The van der Waals surface area contributed by atoms with E-state index in [2.05, 4.69) is 20.0 Å². The van der Waals surface area contributed by atoms with Crippen LogP contribution in [0.4, 0.5) is 13.9 Å². The zero-order valence-corrected chi connectivity index (χ0v) is 17.4. The molecule has 0 amide bonds. The molecule has 5 aromatic rings. The van der Waals surface area contributed by atoms with Gasteiger partial charge in [0, 0.05) is 17.1 Å². The summed E-state index contributed by atoms with van der Waals surface area (Å²) in [6.45, 7) is -2.90. The number of pyridine rings is 1. The first-order valence-corrected chi connectivity index (χ1v) is 10.6. The molecule has 0 fully saturated rings. The molecule has 5 rings (SSSR count). The number of anilines is 1. The van der Waals surface area contributed by atoms with E-state index in [1.165, 1.54) is 23.5 Å². The van der Waals surface area contributed by atoms with Crippen molar-refractivity contribution in [1.82, 2.24) is 9.97 Å². The molecule has 2 aromatic heterocycles. The first kappa shape index (κ1) is 20.1. The number of hydrogen-bond acceptors (Lipinski definition) is 6. The number of ether oxygens (including phenoxy) is 1. The number of fused-ring (bicyclic) bond motifs is 2. The number of benzene rings is 3. The van der Waals surface area contributed by atoms with Crippen molar-refractivity contribution in [3.63, 3.8) is 0 Å². The van der Waals surface area contributed by atoms with Crippen LogP contribution in [0.1, 0.15) is 17.2 Å². The number of phenols is 1. The quantitative estimate of drug-likeness (QED) is 0.316. The Kier molecular flexibility index (Phi) is 5.28. The Morgan fingerprint density at radius 3 is 2.53 bits per heavy atom. The summed E-state index contributed by atoms with van der Waals surface area (Å²) in [5.74, 6) is 0.113. The van der Waals surface area contributed by atoms with Gasteiger partial charge in [-0.25, -0.2) is 4.98 Å². The molecule has 0 saturated carbocycles. The molecule has 0 aliphatic rings. The lowest BCUT2D eigenvalue weighted by atomic mass is 9.96. The minimum absolute atomic E-state index is 0.0506. The molecule has 0 saturated heterocycles. The SMILES string of the molecule is Oc1c([C@H](Nc2nc3ccccc3s2)c2ccc(OC(F)F)cc2)ccc2cccnc12. The number of nitrogens with zero attached hydrogens (tertiary/aromatic N) is 2. The van der Waals surface area contributed by atoms with Gasteiger partial charge in [0.15, 0.2) is 5.13 Å². The number of para-hydroxylation sites is 1. The van der Waals surface area contributed by atoms with Crippen LogP contribution >= 0.6 is 11.3 Å². The number of aromatic nitrogens is 2. The number of aromatic hydroxyl groups is 1. The van der Waals surface area contributed by atoms with Crippen LogP contribution < -0.4 is 10.1 Å². The molecule has 0 unspecified atom stereocenters. The molecule has 32 heavy (non-hydrogen) atoms. The highest BCUT2D eigenvalue weighted by atomic mass is 32.1. The number of hydrogen-bond donors (Lipinski definition) is 2. The van der Waals surface area contributed by atoms with E-state index >= 15 is 0 Å². The van der Waals surface area contributed by atoms with E-state index in [1.807, 2.05) is 42.5 Å². The van der Waals surface area contributed by atoms with Crippen LogP contribution in [0.25, 0.3) is 21.1 Å². The zero-order valence-electron chi connectivity index (χ0n) is 16.6. The van der Waals surface area contributed by atoms with E-state index in [4.69, 9.17) is 0 Å². The standard InChI is InChI=1S/C24H17F2N3O2S/c25-23(26)31-16-10-7-15(8-11-16)20(29-24-28-18-5-1-2-6-19(18)32-24)17-12-9-14-4-3-13-27-21(14)22(17)30/h1-13,20,23,30H,(H,28,29)/t20-/m1/s1. The van der Waals surface area contributed by atoms with Gasteiger partial charge in [0.1, 0.15) is 17.0 Å². The van der Waals surface area contributed by atoms with Gasteiger partial charge in [-0.15, -0.1) is 0 Å². The van der Waals surface area contributed by atoms with Crippen molar-refractivity contribution in [3.8, 4) is 11.5 Å². The normalized spacial score (nSPS) is 12.3. The summed E-state index contributed by atoms with van der Waals surface area (Å²) in [5.41, 5.74) is 2.69. The van der Waals surface area contributed by atoms with Crippen LogP contribution in [0.15, 0.2) is 79.0 Å². The molecule has 160 valence electrons. The van der Waals surface area contributed by atoms with E-state index < -0.39 is 12.7 Å². The highest BCUT2D eigenvalue weighted by Crippen LogP contribution is 2.38. The van der Waals surface area contributed by atoms with Gasteiger partial charge in [-0.05, 0) is 35.9 Å². The molecule has 5 nitrogen and oxygen atoms in total. The fraction of sp³-hybridized carbons (Fsp3) is 0.0833. The largest absolute Gasteiger partial charge is 0.505 e. The van der Waals surface area contributed by atoms with E-state index in [9.17, 15) is 13.9 Å². The molecule has 0 aliphatic carbocycles. The van der Waals surface area contributed by atoms with Crippen LogP contribution in [-0.2, 0) is 0 Å². The maximum absolute atomic E-state index is 12.6. The van der Waals surface area contributed by atoms with Crippen molar-refractivity contribution in [3.05, 3.63) is 90.1 Å². The minimum atomic E-state index is -2.90. The second-order valence-corrected chi connectivity index (χ2v) is 8.12. The fourth-order valence-corrected chi connectivity index (χ4v) is 4.51. The predicted molar refractivity (Wildman–Crippen MR) is 122 cm³/mol. The number of rotatable bonds is 6. The Hall–Kier alpha value is -3.78. The smallest absolute Gasteiger partial charge is 0.387 e. The molecule has 1 atom stereocenters. The van der Waals surface area contributed by atoms with Crippen LogP contribution in [0.3, 0.4) is 0 Å². The van der Waals surface area contributed by atoms with Gasteiger partial charge in [-0.1, -0.05) is 53.8 Å². The van der Waals surface area contributed by atoms with Crippen LogP contribution in [0.2, 0.25) is 0 Å². The molecule has 2 heterocycles. The van der Waals surface area contributed by atoms with Crippen molar-refractivity contribution < 1.29 is 18.6 Å². The van der Waals surface area contributed by atoms with Crippen molar-refractivity contribution >= 4 is 37.6 Å². The highest BCUT2D eigenvalue weighted by molar-refractivity contribution is 7.22. The Morgan fingerprint density at radius 2 is 1.75 bits per heavy atom. The summed E-state index contributed by atoms with van der Waals surface area (Å²) in [5, 5.41) is 15.9. The number of nitrogens with one attached hydrogen (secondary N) is 1. The third-order valence-corrected chi connectivity index (χ3v) is 6.06.